The average Bonchev–Trinajstić information content (AvgIpc) is 2.42. The van der Waals surface area contributed by atoms with Crippen LogP contribution in [-0.2, 0) is 23.7 Å². The Morgan fingerprint density at radius 2 is 1.68 bits per heavy atom. The second-order valence-electron chi connectivity index (χ2n) is 3.77. The molecule has 0 radical (unpaired) electrons. The van der Waals surface area contributed by atoms with Crippen molar-refractivity contribution in [1.82, 2.24) is 0 Å². The van der Waals surface area contributed by atoms with Crippen molar-refractivity contribution in [3.63, 3.8) is 0 Å². The third-order valence-corrected chi connectivity index (χ3v) is 2.86. The Bertz CT molecular complexity index is 218. The lowest BCUT2D eigenvalue weighted by Gasteiger charge is -2.11. The molecule has 0 saturated heterocycles. The van der Waals surface area contributed by atoms with Crippen LogP contribution in [-0.4, -0.2) is 70.8 Å². The van der Waals surface area contributed by atoms with Crippen LogP contribution in [0.2, 0.25) is 0 Å². The van der Waals surface area contributed by atoms with Crippen molar-refractivity contribution in [2.45, 2.75) is 12.5 Å². The van der Waals surface area contributed by atoms with Crippen molar-refractivity contribution >= 4 is 17.7 Å². The van der Waals surface area contributed by atoms with Crippen molar-refractivity contribution in [2.24, 2.45) is 5.73 Å². The molecular formula is C12H25NO5S. The van der Waals surface area contributed by atoms with Crippen LogP contribution in [0.4, 0.5) is 0 Å². The van der Waals surface area contributed by atoms with Gasteiger partial charge in [0.2, 0.25) is 0 Å². The first-order chi connectivity index (χ1) is 9.22. The zero-order valence-electron chi connectivity index (χ0n) is 11.8. The van der Waals surface area contributed by atoms with Crippen molar-refractivity contribution in [1.29, 1.82) is 0 Å². The molecular weight excluding hydrogens is 270 g/mol. The van der Waals surface area contributed by atoms with Crippen molar-refractivity contribution < 1.29 is 23.7 Å². The van der Waals surface area contributed by atoms with Crippen LogP contribution >= 0.6 is 11.8 Å². The van der Waals surface area contributed by atoms with Crippen LogP contribution in [0.15, 0.2) is 0 Å². The van der Waals surface area contributed by atoms with Gasteiger partial charge in [0.05, 0.1) is 33.0 Å². The van der Waals surface area contributed by atoms with Gasteiger partial charge in [0, 0.05) is 7.11 Å². The molecule has 7 heteroatoms. The zero-order chi connectivity index (χ0) is 14.3. The van der Waals surface area contributed by atoms with E-state index in [9.17, 15) is 4.79 Å². The van der Waals surface area contributed by atoms with Gasteiger partial charge in [0.1, 0.15) is 12.6 Å². The largest absolute Gasteiger partial charge is 0.462 e. The summed E-state index contributed by atoms with van der Waals surface area (Å²) < 4.78 is 20.3. The molecule has 0 unspecified atom stereocenters. The first kappa shape index (κ1) is 18.7. The molecule has 0 amide bonds. The number of nitrogens with two attached hydrogens (primary N) is 1. The highest BCUT2D eigenvalue weighted by molar-refractivity contribution is 7.98. The van der Waals surface area contributed by atoms with E-state index in [1.807, 2.05) is 6.26 Å². The summed E-state index contributed by atoms with van der Waals surface area (Å²) in [5, 5.41) is 0. The lowest BCUT2D eigenvalue weighted by molar-refractivity contribution is -0.146. The van der Waals surface area contributed by atoms with E-state index in [0.29, 0.717) is 39.5 Å². The van der Waals surface area contributed by atoms with Gasteiger partial charge in [-0.05, 0) is 18.4 Å². The van der Waals surface area contributed by atoms with Gasteiger partial charge in [-0.15, -0.1) is 0 Å². The molecule has 0 aromatic carbocycles. The van der Waals surface area contributed by atoms with E-state index in [4.69, 9.17) is 24.7 Å². The Labute approximate surface area is 119 Å². The Morgan fingerprint density at radius 3 is 2.26 bits per heavy atom. The topological polar surface area (TPSA) is 80.0 Å². The summed E-state index contributed by atoms with van der Waals surface area (Å²) >= 11 is 1.66. The molecule has 0 aromatic heterocycles. The molecule has 0 aliphatic carbocycles. The van der Waals surface area contributed by atoms with Crippen LogP contribution in [0.25, 0.3) is 0 Å². The number of esters is 1. The maximum absolute atomic E-state index is 11.4. The first-order valence-corrected chi connectivity index (χ1v) is 7.67. The van der Waals surface area contributed by atoms with E-state index in [2.05, 4.69) is 0 Å². The van der Waals surface area contributed by atoms with Crippen molar-refractivity contribution in [2.75, 3.05) is 58.8 Å². The number of methoxy groups -OCH3 is 1. The summed E-state index contributed by atoms with van der Waals surface area (Å²) in [6, 6.07) is -0.537. The molecule has 1 atom stereocenters. The monoisotopic (exact) mass is 295 g/mol. The summed E-state index contributed by atoms with van der Waals surface area (Å²) in [5.74, 6) is 0.486. The lowest BCUT2D eigenvalue weighted by atomic mass is 10.2. The van der Waals surface area contributed by atoms with Gasteiger partial charge in [-0.3, -0.25) is 4.79 Å². The second kappa shape index (κ2) is 14.1. The van der Waals surface area contributed by atoms with Crippen LogP contribution in [0.3, 0.4) is 0 Å². The van der Waals surface area contributed by atoms with Crippen LogP contribution < -0.4 is 5.73 Å². The maximum Gasteiger partial charge on any atom is 0.323 e. The van der Waals surface area contributed by atoms with E-state index >= 15 is 0 Å². The first-order valence-electron chi connectivity index (χ1n) is 6.28. The maximum atomic E-state index is 11.4. The summed E-state index contributed by atoms with van der Waals surface area (Å²) in [7, 11) is 1.62. The molecule has 0 aromatic rings. The van der Waals surface area contributed by atoms with E-state index < -0.39 is 6.04 Å². The minimum absolute atomic E-state index is 0.226. The van der Waals surface area contributed by atoms with E-state index in [0.717, 1.165) is 5.75 Å². The lowest BCUT2D eigenvalue weighted by Crippen LogP contribution is -2.33. The fraction of sp³-hybridized carbons (Fsp3) is 0.917. The Kier molecular flexibility index (Phi) is 13.8. The minimum Gasteiger partial charge on any atom is -0.462 e. The van der Waals surface area contributed by atoms with E-state index in [1.54, 1.807) is 18.9 Å². The van der Waals surface area contributed by atoms with Crippen LogP contribution in [0, 0.1) is 0 Å². The summed E-state index contributed by atoms with van der Waals surface area (Å²) in [4.78, 5) is 11.4. The smallest absolute Gasteiger partial charge is 0.323 e. The molecule has 0 aliphatic rings. The van der Waals surface area contributed by atoms with Crippen molar-refractivity contribution in [3.05, 3.63) is 0 Å². The number of hydrogen-bond acceptors (Lipinski definition) is 7. The number of carbonyl (C=O) groups excluding carboxylic acids is 1. The van der Waals surface area contributed by atoms with E-state index in [-0.39, 0.29) is 12.6 Å². The molecule has 0 saturated carbocycles. The Hall–Kier alpha value is -0.340. The molecule has 0 heterocycles. The predicted octanol–water partition coefficient (Wildman–Crippen LogP) is 0.290. The molecule has 2 N–H and O–H groups in total. The van der Waals surface area contributed by atoms with Crippen LogP contribution in [0.5, 0.6) is 0 Å². The summed E-state index contributed by atoms with van der Waals surface area (Å²) in [5.41, 5.74) is 5.65. The molecule has 19 heavy (non-hydrogen) atoms. The van der Waals surface area contributed by atoms with Gasteiger partial charge in [-0.1, -0.05) is 0 Å². The molecule has 0 aliphatic heterocycles. The molecule has 0 rings (SSSR count). The van der Waals surface area contributed by atoms with Gasteiger partial charge in [0.25, 0.3) is 0 Å². The van der Waals surface area contributed by atoms with E-state index in [1.165, 1.54) is 0 Å². The van der Waals surface area contributed by atoms with Gasteiger partial charge < -0.3 is 24.7 Å². The Morgan fingerprint density at radius 1 is 1.11 bits per heavy atom. The number of thioether (sulfide) groups is 1. The zero-order valence-corrected chi connectivity index (χ0v) is 12.6. The molecule has 0 spiro atoms. The number of rotatable bonds is 13. The highest BCUT2D eigenvalue weighted by Gasteiger charge is 2.13. The summed E-state index contributed by atoms with van der Waals surface area (Å²) in [6.45, 7) is 2.69. The fourth-order valence-electron chi connectivity index (χ4n) is 1.14. The van der Waals surface area contributed by atoms with Gasteiger partial charge in [-0.2, -0.15) is 11.8 Å². The predicted molar refractivity (Wildman–Crippen MR) is 75.4 cm³/mol. The SMILES string of the molecule is COCCOCCOCCOC(=O)[C@@H](N)CCSC. The molecule has 6 nitrogen and oxygen atoms in total. The molecule has 0 fully saturated rings. The van der Waals surface area contributed by atoms with Gasteiger partial charge in [-0.25, -0.2) is 0 Å². The third kappa shape index (κ3) is 12.4. The second-order valence-corrected chi connectivity index (χ2v) is 4.76. The normalized spacial score (nSPS) is 12.4. The highest BCUT2D eigenvalue weighted by Crippen LogP contribution is 2.00. The Balaban J connectivity index is 3.27. The minimum atomic E-state index is -0.537. The number of ether oxygens (including phenoxy) is 4. The van der Waals surface area contributed by atoms with Crippen molar-refractivity contribution in [3.8, 4) is 0 Å². The standard InChI is InChI=1S/C12H25NO5S/c1-15-4-5-16-6-7-17-8-9-18-12(14)11(13)3-10-19-2/h11H,3-10,13H2,1-2H3/t11-/m0/s1. The summed E-state index contributed by atoms with van der Waals surface area (Å²) in [6.07, 6.45) is 2.61. The average molecular weight is 295 g/mol. The number of carbonyl (C=O) groups is 1. The number of hydrogen-bond donors (Lipinski definition) is 1. The third-order valence-electron chi connectivity index (χ3n) is 2.21. The van der Waals surface area contributed by atoms with Gasteiger partial charge >= 0.3 is 5.97 Å². The van der Waals surface area contributed by atoms with Crippen LogP contribution in [0.1, 0.15) is 6.42 Å². The molecule has 114 valence electrons. The van der Waals surface area contributed by atoms with Gasteiger partial charge in [0.15, 0.2) is 0 Å². The molecule has 0 bridgehead atoms. The highest BCUT2D eigenvalue weighted by atomic mass is 32.2. The fourth-order valence-corrected chi connectivity index (χ4v) is 1.62. The quantitative estimate of drug-likeness (QED) is 0.386.